The number of amides is 1. The standard InChI is InChI=1S/C20H18ClN5O2/c1-12-19(13(2)25(3)23-12)22-20(27)16-11-17(18-5-4-10-28-18)26(24-16)15-8-6-14(21)7-9-15/h4-11H,1-3H3,(H,22,27). The Morgan fingerprint density at radius 3 is 2.50 bits per heavy atom. The third kappa shape index (κ3) is 3.20. The Bertz CT molecular complexity index is 1140. The van der Waals surface area contributed by atoms with Gasteiger partial charge in [0.15, 0.2) is 11.5 Å². The maximum atomic E-state index is 12.9. The van der Waals surface area contributed by atoms with Gasteiger partial charge in [-0.25, -0.2) is 4.68 Å². The molecule has 0 atom stereocenters. The fraction of sp³-hybridized carbons (Fsp3) is 0.150. The number of rotatable bonds is 4. The lowest BCUT2D eigenvalue weighted by molar-refractivity contribution is 0.102. The van der Waals surface area contributed by atoms with Crippen LogP contribution in [-0.4, -0.2) is 25.5 Å². The highest BCUT2D eigenvalue weighted by Crippen LogP contribution is 2.26. The minimum Gasteiger partial charge on any atom is -0.463 e. The van der Waals surface area contributed by atoms with Gasteiger partial charge in [0, 0.05) is 18.1 Å². The summed E-state index contributed by atoms with van der Waals surface area (Å²) >= 11 is 6.00. The number of hydrogen-bond donors (Lipinski definition) is 1. The number of aromatic nitrogens is 4. The fourth-order valence-corrected chi connectivity index (χ4v) is 3.13. The van der Waals surface area contributed by atoms with E-state index in [1.165, 1.54) is 0 Å². The molecule has 142 valence electrons. The molecule has 4 aromatic rings. The largest absolute Gasteiger partial charge is 0.463 e. The summed E-state index contributed by atoms with van der Waals surface area (Å²) in [6.07, 6.45) is 1.58. The highest BCUT2D eigenvalue weighted by atomic mass is 35.5. The zero-order valence-corrected chi connectivity index (χ0v) is 16.4. The van der Waals surface area contributed by atoms with Gasteiger partial charge in [-0.05, 0) is 50.2 Å². The zero-order chi connectivity index (χ0) is 19.8. The third-order valence-electron chi connectivity index (χ3n) is 4.53. The second kappa shape index (κ2) is 7.01. The predicted molar refractivity (Wildman–Crippen MR) is 107 cm³/mol. The van der Waals surface area contributed by atoms with E-state index >= 15 is 0 Å². The van der Waals surface area contributed by atoms with Crippen molar-refractivity contribution in [3.05, 3.63) is 70.8 Å². The average molecular weight is 396 g/mol. The molecule has 0 saturated carbocycles. The molecule has 28 heavy (non-hydrogen) atoms. The summed E-state index contributed by atoms with van der Waals surface area (Å²) in [5, 5.41) is 12.4. The summed E-state index contributed by atoms with van der Waals surface area (Å²) in [5.41, 5.74) is 4.00. The minimum absolute atomic E-state index is 0.268. The van der Waals surface area contributed by atoms with E-state index in [9.17, 15) is 4.79 Å². The number of halogens is 1. The Labute approximate surface area is 166 Å². The fourth-order valence-electron chi connectivity index (χ4n) is 3.00. The molecule has 7 nitrogen and oxygen atoms in total. The van der Waals surface area contributed by atoms with Crippen LogP contribution in [0.15, 0.2) is 53.1 Å². The number of carbonyl (C=O) groups is 1. The molecule has 1 amide bonds. The summed E-state index contributed by atoms with van der Waals surface area (Å²) in [7, 11) is 1.84. The number of furan rings is 1. The number of nitrogens with zero attached hydrogens (tertiary/aromatic N) is 4. The third-order valence-corrected chi connectivity index (χ3v) is 4.79. The van der Waals surface area contributed by atoms with Crippen molar-refractivity contribution in [1.82, 2.24) is 19.6 Å². The maximum absolute atomic E-state index is 12.9. The molecule has 0 unspecified atom stereocenters. The van der Waals surface area contributed by atoms with Crippen LogP contribution in [0, 0.1) is 13.8 Å². The normalized spacial score (nSPS) is 11.0. The SMILES string of the molecule is Cc1nn(C)c(C)c1NC(=O)c1cc(-c2ccco2)n(-c2ccc(Cl)cc2)n1. The van der Waals surface area contributed by atoms with E-state index in [1.54, 1.807) is 39.9 Å². The van der Waals surface area contributed by atoms with Crippen molar-refractivity contribution in [3.8, 4) is 17.1 Å². The molecular formula is C20H18ClN5O2. The first-order chi connectivity index (χ1) is 13.4. The van der Waals surface area contributed by atoms with Crippen LogP contribution in [0.3, 0.4) is 0 Å². The molecule has 3 aromatic heterocycles. The average Bonchev–Trinajstić information content (AvgIpc) is 3.39. The first-order valence-corrected chi connectivity index (χ1v) is 9.03. The van der Waals surface area contributed by atoms with Gasteiger partial charge < -0.3 is 9.73 Å². The molecule has 0 saturated heterocycles. The van der Waals surface area contributed by atoms with E-state index in [2.05, 4.69) is 15.5 Å². The molecule has 1 N–H and O–H groups in total. The van der Waals surface area contributed by atoms with Crippen molar-refractivity contribution >= 4 is 23.2 Å². The molecule has 0 fully saturated rings. The van der Waals surface area contributed by atoms with Crippen LogP contribution in [0.4, 0.5) is 5.69 Å². The molecule has 1 aromatic carbocycles. The van der Waals surface area contributed by atoms with E-state index in [1.807, 2.05) is 39.1 Å². The quantitative estimate of drug-likeness (QED) is 0.556. The predicted octanol–water partition coefficient (Wildman–Crippen LogP) is 4.39. The van der Waals surface area contributed by atoms with E-state index in [0.29, 0.717) is 22.2 Å². The summed E-state index contributed by atoms with van der Waals surface area (Å²) < 4.78 is 8.91. The van der Waals surface area contributed by atoms with E-state index in [-0.39, 0.29) is 11.6 Å². The highest BCUT2D eigenvalue weighted by molar-refractivity contribution is 6.30. The van der Waals surface area contributed by atoms with Crippen molar-refractivity contribution < 1.29 is 9.21 Å². The molecular weight excluding hydrogens is 378 g/mol. The number of hydrogen-bond acceptors (Lipinski definition) is 4. The summed E-state index contributed by atoms with van der Waals surface area (Å²) in [6.45, 7) is 3.75. The molecule has 0 bridgehead atoms. The molecule has 0 aliphatic rings. The van der Waals surface area contributed by atoms with Gasteiger partial charge in [0.1, 0.15) is 5.69 Å². The summed E-state index contributed by atoms with van der Waals surface area (Å²) in [5.74, 6) is 0.287. The van der Waals surface area contributed by atoms with E-state index < -0.39 is 0 Å². The van der Waals surface area contributed by atoms with Crippen molar-refractivity contribution in [2.45, 2.75) is 13.8 Å². The first-order valence-electron chi connectivity index (χ1n) is 8.65. The minimum atomic E-state index is -0.320. The monoisotopic (exact) mass is 395 g/mol. The number of nitrogens with one attached hydrogen (secondary N) is 1. The van der Waals surface area contributed by atoms with Crippen LogP contribution < -0.4 is 5.32 Å². The summed E-state index contributed by atoms with van der Waals surface area (Å²) in [4.78, 5) is 12.9. The van der Waals surface area contributed by atoms with Crippen LogP contribution in [0.5, 0.6) is 0 Å². The van der Waals surface area contributed by atoms with Crippen molar-refractivity contribution in [3.63, 3.8) is 0 Å². The van der Waals surface area contributed by atoms with Crippen LogP contribution >= 0.6 is 11.6 Å². The second-order valence-electron chi connectivity index (χ2n) is 6.40. The number of anilines is 1. The summed E-state index contributed by atoms with van der Waals surface area (Å²) in [6, 6.07) is 12.5. The highest BCUT2D eigenvalue weighted by Gasteiger charge is 2.20. The molecule has 0 aliphatic carbocycles. The lowest BCUT2D eigenvalue weighted by Crippen LogP contribution is -2.14. The van der Waals surface area contributed by atoms with Gasteiger partial charge in [0.2, 0.25) is 0 Å². The number of aryl methyl sites for hydroxylation is 2. The van der Waals surface area contributed by atoms with Crippen molar-refractivity contribution in [2.24, 2.45) is 7.05 Å². The molecule has 0 spiro atoms. The Morgan fingerprint density at radius 1 is 1.14 bits per heavy atom. The number of benzene rings is 1. The van der Waals surface area contributed by atoms with Crippen LogP contribution in [0.2, 0.25) is 5.02 Å². The first kappa shape index (κ1) is 18.1. The van der Waals surface area contributed by atoms with Crippen LogP contribution in [0.1, 0.15) is 21.9 Å². The smallest absolute Gasteiger partial charge is 0.276 e. The Hall–Kier alpha value is -3.32. The lowest BCUT2D eigenvalue weighted by Gasteiger charge is -2.05. The lowest BCUT2D eigenvalue weighted by atomic mass is 10.2. The van der Waals surface area contributed by atoms with Crippen LogP contribution in [-0.2, 0) is 7.05 Å². The Kier molecular flexibility index (Phi) is 4.52. The maximum Gasteiger partial charge on any atom is 0.276 e. The van der Waals surface area contributed by atoms with Crippen LogP contribution in [0.25, 0.3) is 17.1 Å². The molecule has 0 radical (unpaired) electrons. The van der Waals surface area contributed by atoms with Crippen molar-refractivity contribution in [2.75, 3.05) is 5.32 Å². The Balaban J connectivity index is 1.75. The number of carbonyl (C=O) groups excluding carboxylic acids is 1. The molecule has 8 heteroatoms. The zero-order valence-electron chi connectivity index (χ0n) is 15.6. The van der Waals surface area contributed by atoms with Gasteiger partial charge in [-0.2, -0.15) is 10.2 Å². The van der Waals surface area contributed by atoms with E-state index in [4.69, 9.17) is 16.0 Å². The molecule has 0 aliphatic heterocycles. The van der Waals surface area contributed by atoms with Gasteiger partial charge in [-0.1, -0.05) is 11.6 Å². The Morgan fingerprint density at radius 2 is 1.89 bits per heavy atom. The van der Waals surface area contributed by atoms with Gasteiger partial charge in [0.25, 0.3) is 5.91 Å². The second-order valence-corrected chi connectivity index (χ2v) is 6.84. The van der Waals surface area contributed by atoms with Gasteiger partial charge >= 0.3 is 0 Å². The molecule has 4 rings (SSSR count). The van der Waals surface area contributed by atoms with Gasteiger partial charge in [0.05, 0.1) is 29.0 Å². The molecule has 3 heterocycles. The van der Waals surface area contributed by atoms with Gasteiger partial charge in [-0.3, -0.25) is 9.48 Å². The van der Waals surface area contributed by atoms with Gasteiger partial charge in [-0.15, -0.1) is 0 Å². The topological polar surface area (TPSA) is 77.9 Å². The van der Waals surface area contributed by atoms with Crippen molar-refractivity contribution in [1.29, 1.82) is 0 Å². The van der Waals surface area contributed by atoms with E-state index in [0.717, 1.165) is 17.1 Å².